The summed E-state index contributed by atoms with van der Waals surface area (Å²) in [6.07, 6.45) is 83.4. The number of hydrogen-bond acceptors (Lipinski definition) is 5. The van der Waals surface area contributed by atoms with Gasteiger partial charge in [-0.15, -0.1) is 0 Å². The predicted molar refractivity (Wildman–Crippen MR) is 333 cm³/mol. The van der Waals surface area contributed by atoms with E-state index >= 15 is 0 Å². The molecule has 0 radical (unpaired) electrons. The molecule has 0 aromatic rings. The van der Waals surface area contributed by atoms with Gasteiger partial charge in [-0.2, -0.15) is 0 Å². The molecule has 3 N–H and O–H groups in total. The lowest BCUT2D eigenvalue weighted by molar-refractivity contribution is -0.143. The van der Waals surface area contributed by atoms with Crippen LogP contribution in [0.1, 0.15) is 373 Å². The van der Waals surface area contributed by atoms with Crippen molar-refractivity contribution in [2.24, 2.45) is 0 Å². The van der Waals surface area contributed by atoms with Crippen LogP contribution in [-0.2, 0) is 14.3 Å². The van der Waals surface area contributed by atoms with Crippen LogP contribution in [0.3, 0.4) is 0 Å². The maximum atomic E-state index is 12.5. The Bertz CT molecular complexity index is 1230. The third-order valence-electron chi connectivity index (χ3n) is 15.9. The molecular formula is C70H133NO5. The van der Waals surface area contributed by atoms with Crippen LogP contribution in [0.25, 0.3) is 0 Å². The maximum Gasteiger partial charge on any atom is 0.305 e. The van der Waals surface area contributed by atoms with Gasteiger partial charge in [0.1, 0.15) is 0 Å². The summed E-state index contributed by atoms with van der Waals surface area (Å²) in [4.78, 5) is 24.6. The normalized spacial score (nSPS) is 12.7. The van der Waals surface area contributed by atoms with Crippen LogP contribution in [0.5, 0.6) is 0 Å². The summed E-state index contributed by atoms with van der Waals surface area (Å²) in [6, 6.07) is -0.640. The number of allylic oxidation sites excluding steroid dienone is 5. The Labute approximate surface area is 474 Å². The molecule has 0 rings (SSSR count). The molecular weight excluding hydrogens is 935 g/mol. The van der Waals surface area contributed by atoms with E-state index in [1.165, 1.54) is 289 Å². The predicted octanol–water partition coefficient (Wildman–Crippen LogP) is 21.9. The molecule has 448 valence electrons. The Morgan fingerprint density at radius 2 is 0.618 bits per heavy atom. The highest BCUT2D eigenvalue weighted by molar-refractivity contribution is 5.76. The SMILES string of the molecule is CCCCCCCC/C=C\CCCCCCCCCCCC(=O)OCCCCCCCCCCC/C=C\CCCCCCCC(=O)NC(CO)C(O)/C=C/CCCCCCCCCCCCCCCCCCCCCC. The molecule has 0 saturated carbocycles. The molecule has 0 saturated heterocycles. The van der Waals surface area contributed by atoms with Crippen molar-refractivity contribution >= 4 is 11.9 Å². The van der Waals surface area contributed by atoms with E-state index in [4.69, 9.17) is 4.74 Å². The second kappa shape index (κ2) is 65.6. The smallest absolute Gasteiger partial charge is 0.305 e. The van der Waals surface area contributed by atoms with Crippen LogP contribution in [0.4, 0.5) is 0 Å². The van der Waals surface area contributed by atoms with E-state index in [9.17, 15) is 19.8 Å². The lowest BCUT2D eigenvalue weighted by atomic mass is 10.0. The number of unbranched alkanes of at least 4 members (excludes halogenated alkanes) is 49. The summed E-state index contributed by atoms with van der Waals surface area (Å²) < 4.78 is 5.50. The molecule has 6 nitrogen and oxygen atoms in total. The van der Waals surface area contributed by atoms with E-state index in [-0.39, 0.29) is 18.5 Å². The van der Waals surface area contributed by atoms with Crippen molar-refractivity contribution < 1.29 is 24.5 Å². The van der Waals surface area contributed by atoms with Gasteiger partial charge in [0, 0.05) is 12.8 Å². The number of carbonyl (C=O) groups excluding carboxylic acids is 2. The van der Waals surface area contributed by atoms with E-state index in [0.29, 0.717) is 19.4 Å². The monoisotopic (exact) mass is 1070 g/mol. The first-order valence-corrected chi connectivity index (χ1v) is 34.3. The average Bonchev–Trinajstić information content (AvgIpc) is 3.42. The third kappa shape index (κ3) is 61.3. The van der Waals surface area contributed by atoms with Crippen LogP contribution in [-0.4, -0.2) is 47.4 Å². The van der Waals surface area contributed by atoms with Crippen molar-refractivity contribution in [2.75, 3.05) is 13.2 Å². The summed E-state index contributed by atoms with van der Waals surface area (Å²) in [6.45, 7) is 4.91. The molecule has 6 heteroatoms. The van der Waals surface area contributed by atoms with Gasteiger partial charge in [-0.25, -0.2) is 0 Å². The number of aliphatic hydroxyl groups excluding tert-OH is 2. The molecule has 0 spiro atoms. The minimum Gasteiger partial charge on any atom is -0.466 e. The van der Waals surface area contributed by atoms with Crippen molar-refractivity contribution in [1.82, 2.24) is 5.32 Å². The zero-order chi connectivity index (χ0) is 55.0. The van der Waals surface area contributed by atoms with Gasteiger partial charge in [0.05, 0.1) is 25.4 Å². The molecule has 0 aliphatic rings. The van der Waals surface area contributed by atoms with Gasteiger partial charge >= 0.3 is 5.97 Å². The van der Waals surface area contributed by atoms with E-state index < -0.39 is 12.1 Å². The Balaban J connectivity index is 3.46. The summed E-state index contributed by atoms with van der Waals surface area (Å²) in [5.41, 5.74) is 0. The number of carbonyl (C=O) groups is 2. The van der Waals surface area contributed by atoms with E-state index in [1.807, 2.05) is 6.08 Å². The molecule has 1 amide bonds. The number of esters is 1. The van der Waals surface area contributed by atoms with Crippen molar-refractivity contribution in [3.63, 3.8) is 0 Å². The number of amides is 1. The van der Waals surface area contributed by atoms with E-state index in [0.717, 1.165) is 57.8 Å². The molecule has 0 fully saturated rings. The lowest BCUT2D eigenvalue weighted by Crippen LogP contribution is -2.45. The zero-order valence-corrected chi connectivity index (χ0v) is 51.3. The van der Waals surface area contributed by atoms with E-state index in [2.05, 4.69) is 43.5 Å². The molecule has 0 aliphatic carbocycles. The fourth-order valence-corrected chi connectivity index (χ4v) is 10.6. The van der Waals surface area contributed by atoms with Gasteiger partial charge in [0.15, 0.2) is 0 Å². The fourth-order valence-electron chi connectivity index (χ4n) is 10.6. The van der Waals surface area contributed by atoms with Gasteiger partial charge < -0.3 is 20.3 Å². The number of rotatable bonds is 64. The Morgan fingerprint density at radius 1 is 0.355 bits per heavy atom. The molecule has 2 unspecified atom stereocenters. The first-order valence-electron chi connectivity index (χ1n) is 34.3. The Morgan fingerprint density at radius 3 is 0.934 bits per heavy atom. The lowest BCUT2D eigenvalue weighted by Gasteiger charge is -2.20. The molecule has 0 aromatic heterocycles. The minimum atomic E-state index is -0.855. The number of hydrogen-bond donors (Lipinski definition) is 3. The average molecular weight is 1070 g/mol. The van der Waals surface area contributed by atoms with Gasteiger partial charge in [0.25, 0.3) is 0 Å². The van der Waals surface area contributed by atoms with E-state index in [1.54, 1.807) is 6.08 Å². The molecule has 0 aliphatic heterocycles. The minimum absolute atomic E-state index is 0.00233. The molecule has 0 bridgehead atoms. The zero-order valence-electron chi connectivity index (χ0n) is 51.3. The van der Waals surface area contributed by atoms with Gasteiger partial charge in [-0.1, -0.05) is 314 Å². The second-order valence-corrected chi connectivity index (χ2v) is 23.5. The highest BCUT2D eigenvalue weighted by Crippen LogP contribution is 2.18. The van der Waals surface area contributed by atoms with Gasteiger partial charge in [0.2, 0.25) is 5.91 Å². The van der Waals surface area contributed by atoms with Crippen molar-refractivity contribution in [3.8, 4) is 0 Å². The van der Waals surface area contributed by atoms with Crippen molar-refractivity contribution in [1.29, 1.82) is 0 Å². The highest BCUT2D eigenvalue weighted by atomic mass is 16.5. The first-order chi connectivity index (χ1) is 37.5. The first kappa shape index (κ1) is 74.1. The number of aliphatic hydroxyl groups is 2. The standard InChI is InChI=1S/C70H133NO5/c1-3-5-7-9-11-13-15-17-19-21-23-24-25-27-30-34-38-42-46-50-54-58-62-68(73)67(66-72)71-69(74)63-59-55-51-47-43-39-35-31-28-29-33-37-41-45-49-53-57-61-65-76-70(75)64-60-56-52-48-44-40-36-32-26-22-20-18-16-14-12-10-8-6-4-2/h18,20,31,35,58,62,67-68,72-73H,3-17,19,21-30,32-34,36-57,59-61,63-66H2,1-2H3,(H,71,74)/b20-18-,35-31-,62-58+. The Hall–Kier alpha value is -1.92. The fraction of sp³-hybridized carbons (Fsp3) is 0.886. The van der Waals surface area contributed by atoms with Crippen molar-refractivity contribution in [2.45, 2.75) is 386 Å². The molecule has 0 aromatic carbocycles. The van der Waals surface area contributed by atoms with Crippen LogP contribution in [0.15, 0.2) is 36.5 Å². The number of nitrogens with one attached hydrogen (secondary N) is 1. The second-order valence-electron chi connectivity index (χ2n) is 23.5. The molecule has 0 heterocycles. The Kier molecular flexibility index (Phi) is 63.9. The summed E-state index contributed by atoms with van der Waals surface area (Å²) in [5, 5.41) is 23.2. The summed E-state index contributed by atoms with van der Waals surface area (Å²) in [7, 11) is 0. The van der Waals surface area contributed by atoms with Gasteiger partial charge in [-0.3, -0.25) is 9.59 Å². The maximum absolute atomic E-state index is 12.5. The molecule has 2 atom stereocenters. The topological polar surface area (TPSA) is 95.9 Å². The summed E-state index contributed by atoms with van der Waals surface area (Å²) in [5.74, 6) is -0.0767. The van der Waals surface area contributed by atoms with Crippen LogP contribution >= 0.6 is 0 Å². The highest BCUT2D eigenvalue weighted by Gasteiger charge is 2.18. The quantitative estimate of drug-likeness (QED) is 0.0320. The third-order valence-corrected chi connectivity index (χ3v) is 15.9. The number of ether oxygens (including phenoxy) is 1. The van der Waals surface area contributed by atoms with Crippen LogP contribution < -0.4 is 5.32 Å². The van der Waals surface area contributed by atoms with Crippen LogP contribution in [0.2, 0.25) is 0 Å². The summed E-state index contributed by atoms with van der Waals surface area (Å²) >= 11 is 0. The van der Waals surface area contributed by atoms with Crippen molar-refractivity contribution in [3.05, 3.63) is 36.5 Å². The van der Waals surface area contributed by atoms with Crippen LogP contribution in [0, 0.1) is 0 Å². The largest absolute Gasteiger partial charge is 0.466 e. The molecule has 76 heavy (non-hydrogen) atoms. The van der Waals surface area contributed by atoms with Gasteiger partial charge in [-0.05, 0) is 83.5 Å².